The Kier molecular flexibility index (Phi) is 7.20. The normalized spacial score (nSPS) is 11.1. The molecule has 0 radical (unpaired) electrons. The Morgan fingerprint density at radius 1 is 0.468 bits per heavy atom. The average Bonchev–Trinajstić information content (AvgIpc) is 3.45. The Hall–Kier alpha value is -6.54. The van der Waals surface area contributed by atoms with Gasteiger partial charge >= 0.3 is 0 Å². The van der Waals surface area contributed by atoms with E-state index < -0.39 is 0 Å². The molecule has 0 N–H and O–H groups in total. The van der Waals surface area contributed by atoms with E-state index in [2.05, 4.69) is 32.1 Å². The smallest absolute Gasteiger partial charge is 0.234 e. The third-order valence-electron chi connectivity index (χ3n) is 7.82. The van der Waals surface area contributed by atoms with E-state index in [9.17, 15) is 0 Å². The van der Waals surface area contributed by atoms with Crippen LogP contribution in [0.25, 0.3) is 50.3 Å². The number of hydrogen-bond acceptors (Lipinski definition) is 7. The van der Waals surface area contributed by atoms with Gasteiger partial charge in [0.2, 0.25) is 5.95 Å². The molecule has 8 rings (SSSR count). The number of benzene rings is 4. The van der Waals surface area contributed by atoms with E-state index >= 15 is 0 Å². The Labute approximate surface area is 270 Å². The summed E-state index contributed by atoms with van der Waals surface area (Å²) in [5, 5.41) is 2.05. The number of rotatable bonds is 8. The Bertz CT molecular complexity index is 2200. The lowest BCUT2D eigenvalue weighted by Crippen LogP contribution is -2.01. The standard InChI is InChI=1S/C39H27N5O3/c1-45-32-24-42-39(43-25-32)44-37-22-30(46-28-10-6-8-26(20-28)35-12-2-4-18-40-35)14-16-33(37)34-17-15-31(23-38(34)44)47-29-11-7-9-27(21-29)36-13-3-5-19-41-36/h2-25H,1H3. The van der Waals surface area contributed by atoms with Gasteiger partial charge in [0.25, 0.3) is 0 Å². The van der Waals surface area contributed by atoms with Crippen molar-refractivity contribution in [1.82, 2.24) is 24.5 Å². The zero-order valence-corrected chi connectivity index (χ0v) is 25.3. The van der Waals surface area contributed by atoms with Crippen LogP contribution in [0.2, 0.25) is 0 Å². The molecule has 0 fully saturated rings. The quantitative estimate of drug-likeness (QED) is 0.169. The van der Waals surface area contributed by atoms with Crippen LogP contribution in [0.15, 0.2) is 146 Å². The topological polar surface area (TPSA) is 84.2 Å². The van der Waals surface area contributed by atoms with Gasteiger partial charge in [0, 0.05) is 46.4 Å². The van der Waals surface area contributed by atoms with Gasteiger partial charge < -0.3 is 14.2 Å². The molecule has 0 aliphatic heterocycles. The first-order valence-electron chi connectivity index (χ1n) is 15.1. The van der Waals surface area contributed by atoms with Crippen molar-refractivity contribution in [1.29, 1.82) is 0 Å². The fourth-order valence-electron chi connectivity index (χ4n) is 5.63. The Balaban J connectivity index is 1.20. The molecule has 4 aromatic heterocycles. The first-order chi connectivity index (χ1) is 23.2. The molecule has 47 heavy (non-hydrogen) atoms. The highest BCUT2D eigenvalue weighted by atomic mass is 16.5. The number of pyridine rings is 2. The summed E-state index contributed by atoms with van der Waals surface area (Å²) in [7, 11) is 1.59. The fraction of sp³-hybridized carbons (Fsp3) is 0.0256. The van der Waals surface area contributed by atoms with E-state index in [0.717, 1.165) is 44.3 Å². The lowest BCUT2D eigenvalue weighted by atomic mass is 10.1. The molecule has 8 heteroatoms. The minimum atomic E-state index is 0.495. The van der Waals surface area contributed by atoms with Crippen molar-refractivity contribution in [3.8, 4) is 57.2 Å². The van der Waals surface area contributed by atoms with Crippen LogP contribution in [0, 0.1) is 0 Å². The zero-order valence-electron chi connectivity index (χ0n) is 25.3. The molecule has 0 atom stereocenters. The number of nitrogens with zero attached hydrogens (tertiary/aromatic N) is 5. The molecule has 0 saturated heterocycles. The molecule has 0 aliphatic carbocycles. The first-order valence-corrected chi connectivity index (χ1v) is 15.1. The number of fused-ring (bicyclic) bond motifs is 3. The minimum absolute atomic E-state index is 0.495. The number of hydrogen-bond donors (Lipinski definition) is 0. The van der Waals surface area contributed by atoms with E-state index in [1.54, 1.807) is 31.9 Å². The molecule has 8 nitrogen and oxygen atoms in total. The SMILES string of the molecule is COc1cnc(-n2c3cc(Oc4cccc(-c5ccccn5)c4)ccc3c3ccc(Oc4cccc(-c5ccccn5)c4)cc32)nc1. The van der Waals surface area contributed by atoms with Crippen LogP contribution >= 0.6 is 0 Å². The highest BCUT2D eigenvalue weighted by molar-refractivity contribution is 6.09. The van der Waals surface area contributed by atoms with E-state index in [1.807, 2.05) is 114 Å². The van der Waals surface area contributed by atoms with Crippen molar-refractivity contribution in [2.75, 3.05) is 7.11 Å². The van der Waals surface area contributed by atoms with Crippen molar-refractivity contribution >= 4 is 21.8 Å². The predicted molar refractivity (Wildman–Crippen MR) is 182 cm³/mol. The third-order valence-corrected chi connectivity index (χ3v) is 7.82. The maximum absolute atomic E-state index is 6.39. The van der Waals surface area contributed by atoms with Crippen molar-refractivity contribution < 1.29 is 14.2 Å². The summed E-state index contributed by atoms with van der Waals surface area (Å²) in [6, 6.07) is 39.6. The van der Waals surface area contributed by atoms with Gasteiger partial charge in [-0.15, -0.1) is 0 Å². The van der Waals surface area contributed by atoms with Crippen LogP contribution in [-0.2, 0) is 0 Å². The average molecular weight is 614 g/mol. The third kappa shape index (κ3) is 5.60. The van der Waals surface area contributed by atoms with E-state index in [-0.39, 0.29) is 0 Å². The summed E-state index contributed by atoms with van der Waals surface area (Å²) in [4.78, 5) is 18.2. The van der Waals surface area contributed by atoms with Crippen LogP contribution < -0.4 is 14.2 Å². The highest BCUT2D eigenvalue weighted by Gasteiger charge is 2.17. The van der Waals surface area contributed by atoms with Gasteiger partial charge in [-0.3, -0.25) is 14.5 Å². The molecular weight excluding hydrogens is 586 g/mol. The van der Waals surface area contributed by atoms with Crippen LogP contribution in [0.4, 0.5) is 0 Å². The maximum Gasteiger partial charge on any atom is 0.234 e. The van der Waals surface area contributed by atoms with Crippen LogP contribution in [-0.4, -0.2) is 31.6 Å². The van der Waals surface area contributed by atoms with Gasteiger partial charge in [0.1, 0.15) is 23.0 Å². The number of ether oxygens (including phenoxy) is 3. The van der Waals surface area contributed by atoms with Crippen molar-refractivity contribution in [3.05, 3.63) is 146 Å². The lowest BCUT2D eigenvalue weighted by Gasteiger charge is -2.10. The summed E-state index contributed by atoms with van der Waals surface area (Å²) < 4.78 is 20.1. The largest absolute Gasteiger partial charge is 0.494 e. The molecule has 0 bridgehead atoms. The summed E-state index contributed by atoms with van der Waals surface area (Å²) in [5.41, 5.74) is 5.49. The van der Waals surface area contributed by atoms with Gasteiger partial charge in [-0.25, -0.2) is 9.97 Å². The van der Waals surface area contributed by atoms with Gasteiger partial charge in [-0.1, -0.05) is 36.4 Å². The fourth-order valence-corrected chi connectivity index (χ4v) is 5.63. The zero-order chi connectivity index (χ0) is 31.6. The molecule has 226 valence electrons. The van der Waals surface area contributed by atoms with Gasteiger partial charge in [0.05, 0.1) is 41.9 Å². The predicted octanol–water partition coefficient (Wildman–Crippen LogP) is 9.29. The van der Waals surface area contributed by atoms with E-state index in [4.69, 9.17) is 14.2 Å². The van der Waals surface area contributed by atoms with Crippen molar-refractivity contribution in [2.24, 2.45) is 0 Å². The summed E-state index contributed by atoms with van der Waals surface area (Å²) in [5.74, 6) is 3.84. The molecular formula is C39H27N5O3. The van der Waals surface area contributed by atoms with Gasteiger partial charge in [0.15, 0.2) is 5.75 Å². The van der Waals surface area contributed by atoms with Gasteiger partial charge in [-0.05, 0) is 72.8 Å². The second kappa shape index (κ2) is 12.1. The molecule has 0 amide bonds. The van der Waals surface area contributed by atoms with Crippen LogP contribution in [0.3, 0.4) is 0 Å². The second-order valence-corrected chi connectivity index (χ2v) is 10.8. The highest BCUT2D eigenvalue weighted by Crippen LogP contribution is 2.38. The molecule has 4 heterocycles. The number of aromatic nitrogens is 5. The molecule has 0 saturated carbocycles. The summed E-state index contributed by atoms with van der Waals surface area (Å²) >= 11 is 0. The van der Waals surface area contributed by atoms with Gasteiger partial charge in [-0.2, -0.15) is 0 Å². The van der Waals surface area contributed by atoms with E-state index in [0.29, 0.717) is 34.7 Å². The Morgan fingerprint density at radius 2 is 0.979 bits per heavy atom. The summed E-state index contributed by atoms with van der Waals surface area (Å²) in [6.45, 7) is 0. The second-order valence-electron chi connectivity index (χ2n) is 10.8. The molecule has 4 aromatic carbocycles. The lowest BCUT2D eigenvalue weighted by molar-refractivity contribution is 0.410. The molecule has 0 aliphatic rings. The molecule has 0 spiro atoms. The summed E-state index contributed by atoms with van der Waals surface area (Å²) in [6.07, 6.45) is 6.89. The first kappa shape index (κ1) is 28.0. The minimum Gasteiger partial charge on any atom is -0.494 e. The van der Waals surface area contributed by atoms with E-state index in [1.165, 1.54) is 0 Å². The maximum atomic E-state index is 6.39. The van der Waals surface area contributed by atoms with Crippen LogP contribution in [0.5, 0.6) is 28.7 Å². The monoisotopic (exact) mass is 613 g/mol. The van der Waals surface area contributed by atoms with Crippen molar-refractivity contribution in [2.45, 2.75) is 0 Å². The Morgan fingerprint density at radius 3 is 1.45 bits per heavy atom. The van der Waals surface area contributed by atoms with Crippen molar-refractivity contribution in [3.63, 3.8) is 0 Å². The van der Waals surface area contributed by atoms with Crippen LogP contribution in [0.1, 0.15) is 0 Å². The number of methoxy groups -OCH3 is 1. The molecule has 0 unspecified atom stereocenters. The molecule has 8 aromatic rings.